The van der Waals surface area contributed by atoms with Crippen LogP contribution in [0.3, 0.4) is 0 Å². The fourth-order valence-electron chi connectivity index (χ4n) is 3.46. The smallest absolute Gasteiger partial charge is 0.405 e. The molecule has 3 rings (SSSR count). The van der Waals surface area contributed by atoms with E-state index in [0.717, 1.165) is 6.07 Å². The molecule has 3 aromatic rings. The van der Waals surface area contributed by atoms with Crippen molar-refractivity contribution in [3.8, 4) is 5.75 Å². The van der Waals surface area contributed by atoms with E-state index in [4.69, 9.17) is 27.9 Å². The summed E-state index contributed by atoms with van der Waals surface area (Å²) >= 11 is 12.9. The fourth-order valence-corrected chi connectivity index (χ4v) is 4.00. The number of aryl methyl sites for hydroxylation is 1. The quantitative estimate of drug-likeness (QED) is 0.169. The Labute approximate surface area is 230 Å². The van der Waals surface area contributed by atoms with Crippen LogP contribution in [-0.4, -0.2) is 52.5 Å². The summed E-state index contributed by atoms with van der Waals surface area (Å²) in [6.07, 6.45) is -8.33. The fraction of sp³-hybridized carbons (Fsp3) is 0.417. The molecule has 0 aliphatic rings. The molecule has 1 unspecified atom stereocenters. The second-order valence-electron chi connectivity index (χ2n) is 8.92. The molecule has 39 heavy (non-hydrogen) atoms. The maximum Gasteiger partial charge on any atom is 0.405 e. The Morgan fingerprint density at radius 1 is 1.21 bits per heavy atom. The Balaban J connectivity index is 1.98. The first kappa shape index (κ1) is 30.7. The van der Waals surface area contributed by atoms with Gasteiger partial charge >= 0.3 is 6.18 Å². The molecule has 0 bridgehead atoms. The van der Waals surface area contributed by atoms with Crippen molar-refractivity contribution in [3.63, 3.8) is 0 Å². The van der Waals surface area contributed by atoms with Crippen molar-refractivity contribution in [2.45, 2.75) is 39.2 Å². The molecule has 0 aliphatic heterocycles. The predicted octanol–water partition coefficient (Wildman–Crippen LogP) is 5.62. The molecular formula is C24H26Cl2F5N5O3. The van der Waals surface area contributed by atoms with Crippen LogP contribution in [-0.2, 0) is 13.6 Å². The van der Waals surface area contributed by atoms with Crippen molar-refractivity contribution < 1.29 is 36.6 Å². The lowest BCUT2D eigenvalue weighted by Gasteiger charge is -2.18. The zero-order valence-electron chi connectivity index (χ0n) is 21.0. The highest BCUT2D eigenvalue weighted by Crippen LogP contribution is 2.37. The number of nitrogens with one attached hydrogen (secondary N) is 3. The lowest BCUT2D eigenvalue weighted by atomic mass is 10.1. The van der Waals surface area contributed by atoms with E-state index < -0.39 is 43.5 Å². The summed E-state index contributed by atoms with van der Waals surface area (Å²) in [5.41, 5.74) is 0.983. The van der Waals surface area contributed by atoms with Crippen LogP contribution in [0.4, 0.5) is 33.6 Å². The van der Waals surface area contributed by atoms with Crippen LogP contribution >= 0.6 is 23.2 Å². The number of benzene rings is 2. The second-order valence-corrected chi connectivity index (χ2v) is 9.71. The van der Waals surface area contributed by atoms with Gasteiger partial charge in [-0.05, 0) is 23.6 Å². The number of aromatic nitrogens is 2. The molecule has 1 amide bonds. The van der Waals surface area contributed by atoms with Crippen molar-refractivity contribution in [1.82, 2.24) is 20.2 Å². The van der Waals surface area contributed by atoms with Gasteiger partial charge in [0.2, 0.25) is 5.95 Å². The maximum atomic E-state index is 12.8. The van der Waals surface area contributed by atoms with Gasteiger partial charge in [0, 0.05) is 19.7 Å². The number of imidazole rings is 1. The number of rotatable bonds is 11. The van der Waals surface area contributed by atoms with Gasteiger partial charge in [-0.15, -0.1) is 0 Å². The first-order chi connectivity index (χ1) is 18.2. The number of fused-ring (bicyclic) bond motifs is 1. The molecule has 15 heteroatoms. The second kappa shape index (κ2) is 12.5. The Morgan fingerprint density at radius 2 is 1.90 bits per heavy atom. The Kier molecular flexibility index (Phi) is 9.86. The van der Waals surface area contributed by atoms with Gasteiger partial charge in [-0.2, -0.15) is 13.2 Å². The molecule has 4 N–H and O–H groups in total. The lowest BCUT2D eigenvalue weighted by Crippen LogP contribution is -2.34. The summed E-state index contributed by atoms with van der Waals surface area (Å²) < 4.78 is 70.0. The minimum atomic E-state index is -4.68. The number of halogens is 7. The van der Waals surface area contributed by atoms with Crippen LogP contribution in [0.15, 0.2) is 24.3 Å². The van der Waals surface area contributed by atoms with Crippen LogP contribution < -0.4 is 20.7 Å². The predicted molar refractivity (Wildman–Crippen MR) is 138 cm³/mol. The Morgan fingerprint density at radius 3 is 2.51 bits per heavy atom. The standard InChI is InChI=1S/C24H26Cl2F5N5O3/c1-11(2)21(37)32-8-12-4-5-14(25)20(19(12)26)35-23-34-15-6-13(22(38)33-10-24(29,30)31)17(39-9-18(27)28)7-16(15)36(23)3/h4-7,11,18,21,32,37H,8-10H2,1-3H3,(H,33,38)(H,34,35). The number of hydrogen-bond donors (Lipinski definition) is 4. The topological polar surface area (TPSA) is 100 Å². The number of alkyl halides is 5. The van der Waals surface area contributed by atoms with E-state index in [1.165, 1.54) is 10.6 Å². The lowest BCUT2D eigenvalue weighted by molar-refractivity contribution is -0.123. The molecule has 8 nitrogen and oxygen atoms in total. The van der Waals surface area contributed by atoms with Gasteiger partial charge in [-0.3, -0.25) is 10.1 Å². The van der Waals surface area contributed by atoms with Gasteiger partial charge < -0.3 is 25.0 Å². The van der Waals surface area contributed by atoms with E-state index in [9.17, 15) is 31.9 Å². The van der Waals surface area contributed by atoms with Crippen LogP contribution in [0.1, 0.15) is 29.8 Å². The summed E-state index contributed by atoms with van der Waals surface area (Å²) in [6.45, 7) is 1.22. The van der Waals surface area contributed by atoms with Gasteiger partial charge in [0.15, 0.2) is 0 Å². The van der Waals surface area contributed by atoms with Crippen LogP contribution in [0.2, 0.25) is 10.0 Å². The van der Waals surface area contributed by atoms with Gasteiger partial charge in [0.25, 0.3) is 12.3 Å². The third kappa shape index (κ3) is 7.84. The van der Waals surface area contributed by atoms with E-state index in [1.807, 2.05) is 13.8 Å². The van der Waals surface area contributed by atoms with E-state index >= 15 is 0 Å². The largest absolute Gasteiger partial charge is 0.487 e. The molecule has 2 aromatic carbocycles. The highest BCUT2D eigenvalue weighted by Gasteiger charge is 2.29. The van der Waals surface area contributed by atoms with Crippen molar-refractivity contribution in [3.05, 3.63) is 45.4 Å². The van der Waals surface area contributed by atoms with Crippen LogP contribution in [0.25, 0.3) is 11.0 Å². The average molecular weight is 598 g/mol. The molecule has 0 saturated carbocycles. The molecule has 1 atom stereocenters. The molecule has 0 saturated heterocycles. The van der Waals surface area contributed by atoms with E-state index in [2.05, 4.69) is 15.6 Å². The summed E-state index contributed by atoms with van der Waals surface area (Å²) in [4.78, 5) is 16.9. The highest BCUT2D eigenvalue weighted by atomic mass is 35.5. The zero-order chi connectivity index (χ0) is 29.1. The maximum absolute atomic E-state index is 12.8. The number of aliphatic hydroxyl groups is 1. The minimum absolute atomic E-state index is 0.0383. The molecule has 1 aromatic heterocycles. The summed E-state index contributed by atoms with van der Waals surface area (Å²) in [6, 6.07) is 5.65. The van der Waals surface area contributed by atoms with E-state index in [-0.39, 0.29) is 45.4 Å². The van der Waals surface area contributed by atoms with E-state index in [0.29, 0.717) is 11.1 Å². The number of aliphatic hydroxyl groups excluding tert-OH is 1. The number of nitrogens with zero attached hydrogens (tertiary/aromatic N) is 2. The molecule has 0 spiro atoms. The van der Waals surface area contributed by atoms with Gasteiger partial charge in [-0.1, -0.05) is 43.1 Å². The van der Waals surface area contributed by atoms with Crippen LogP contribution in [0, 0.1) is 5.92 Å². The number of carbonyl (C=O) groups is 1. The molecular weight excluding hydrogens is 572 g/mol. The first-order valence-corrected chi connectivity index (χ1v) is 12.3. The normalized spacial score (nSPS) is 12.8. The number of carbonyl (C=O) groups excluding carboxylic acids is 1. The minimum Gasteiger partial charge on any atom is -0.487 e. The highest BCUT2D eigenvalue weighted by molar-refractivity contribution is 6.39. The van der Waals surface area contributed by atoms with Gasteiger partial charge in [0.05, 0.1) is 32.3 Å². The molecule has 214 valence electrons. The first-order valence-electron chi connectivity index (χ1n) is 11.6. The van der Waals surface area contributed by atoms with Crippen LogP contribution in [0.5, 0.6) is 5.75 Å². The monoisotopic (exact) mass is 597 g/mol. The number of ether oxygens (including phenoxy) is 1. The molecule has 1 heterocycles. The Bertz CT molecular complexity index is 1330. The summed E-state index contributed by atoms with van der Waals surface area (Å²) in [5.74, 6) is -1.38. The zero-order valence-corrected chi connectivity index (χ0v) is 22.5. The SMILES string of the molecule is CC(C)C(O)NCc1ccc(Cl)c(Nc2nc3cc(C(=O)NCC(F)(F)F)c(OCC(F)F)cc3n2C)c1Cl. The number of amides is 1. The van der Waals surface area contributed by atoms with Gasteiger partial charge in [0.1, 0.15) is 25.1 Å². The molecule has 0 fully saturated rings. The average Bonchev–Trinajstić information content (AvgIpc) is 3.16. The summed E-state index contributed by atoms with van der Waals surface area (Å²) in [5, 5.41) is 18.2. The van der Waals surface area contributed by atoms with Gasteiger partial charge in [-0.25, -0.2) is 13.8 Å². The molecule has 0 radical (unpaired) electrons. The Hall–Kier alpha value is -2.87. The van der Waals surface area contributed by atoms with Crippen molar-refractivity contribution >= 4 is 51.8 Å². The third-order valence-corrected chi connectivity index (χ3v) is 6.33. The molecule has 0 aliphatic carbocycles. The van der Waals surface area contributed by atoms with Crippen molar-refractivity contribution in [2.75, 3.05) is 18.5 Å². The number of hydrogen-bond acceptors (Lipinski definition) is 6. The van der Waals surface area contributed by atoms with Crippen molar-refractivity contribution in [2.24, 2.45) is 13.0 Å². The number of anilines is 2. The van der Waals surface area contributed by atoms with Crippen molar-refractivity contribution in [1.29, 1.82) is 0 Å². The summed E-state index contributed by atoms with van der Waals surface area (Å²) in [7, 11) is 1.57. The third-order valence-electron chi connectivity index (χ3n) is 5.58. The van der Waals surface area contributed by atoms with E-state index in [1.54, 1.807) is 24.5 Å².